The number of aromatic nitrogens is 1. The summed E-state index contributed by atoms with van der Waals surface area (Å²) in [6.45, 7) is 8.94. The first-order chi connectivity index (χ1) is 17.5. The molecule has 198 valence electrons. The number of nitrogens with two attached hydrogens (primary N) is 1. The Morgan fingerprint density at radius 2 is 1.76 bits per heavy atom. The number of carbonyl (C=O) groups is 2. The zero-order valence-electron chi connectivity index (χ0n) is 22.2. The minimum atomic E-state index is -0.485. The van der Waals surface area contributed by atoms with Gasteiger partial charge in [0.25, 0.3) is 5.91 Å². The molecule has 10 heteroatoms. The van der Waals surface area contributed by atoms with Crippen molar-refractivity contribution in [1.82, 2.24) is 15.2 Å². The van der Waals surface area contributed by atoms with E-state index in [0.29, 0.717) is 36.6 Å². The molecule has 3 heterocycles. The molecule has 2 amide bonds. The normalized spacial score (nSPS) is 14.1. The van der Waals surface area contributed by atoms with Gasteiger partial charge in [0.05, 0.1) is 5.69 Å². The van der Waals surface area contributed by atoms with E-state index in [1.807, 2.05) is 51.9 Å². The molecule has 3 N–H and O–H groups in total. The lowest BCUT2D eigenvalue weighted by atomic mass is 10.1. The predicted molar refractivity (Wildman–Crippen MR) is 151 cm³/mol. The Hall–Kier alpha value is -3.53. The van der Waals surface area contributed by atoms with Crippen LogP contribution in [0.3, 0.4) is 0 Å². The molecule has 37 heavy (non-hydrogen) atoms. The van der Waals surface area contributed by atoms with Gasteiger partial charge >= 0.3 is 6.09 Å². The van der Waals surface area contributed by atoms with Gasteiger partial charge in [-0.15, -0.1) is 11.3 Å². The van der Waals surface area contributed by atoms with Crippen molar-refractivity contribution in [2.75, 3.05) is 62.4 Å². The van der Waals surface area contributed by atoms with E-state index in [0.717, 1.165) is 40.4 Å². The molecule has 0 unspecified atom stereocenters. The zero-order chi connectivity index (χ0) is 26.7. The van der Waals surface area contributed by atoms with Crippen LogP contribution in [0.25, 0.3) is 10.2 Å². The van der Waals surface area contributed by atoms with Crippen LogP contribution in [0, 0.1) is 0 Å². The number of ether oxygens (including phenoxy) is 1. The molecule has 2 aromatic heterocycles. The Morgan fingerprint density at radius 1 is 1.08 bits per heavy atom. The van der Waals surface area contributed by atoms with Crippen LogP contribution < -0.4 is 20.9 Å². The Bertz CT molecular complexity index is 1260. The highest BCUT2D eigenvalue weighted by atomic mass is 32.1. The largest absolute Gasteiger partial charge is 0.444 e. The highest BCUT2D eigenvalue weighted by molar-refractivity contribution is 7.21. The number of benzene rings is 1. The molecule has 0 spiro atoms. The topological polar surface area (TPSA) is 104 Å². The van der Waals surface area contributed by atoms with Gasteiger partial charge in [0.1, 0.15) is 21.1 Å². The van der Waals surface area contributed by atoms with Crippen LogP contribution in [0.5, 0.6) is 0 Å². The molecule has 0 aliphatic carbocycles. The van der Waals surface area contributed by atoms with Crippen LogP contribution in [0.2, 0.25) is 0 Å². The fraction of sp³-hybridized carbons (Fsp3) is 0.444. The van der Waals surface area contributed by atoms with Gasteiger partial charge < -0.3 is 30.5 Å². The first kappa shape index (κ1) is 26.5. The van der Waals surface area contributed by atoms with Crippen molar-refractivity contribution in [2.24, 2.45) is 0 Å². The van der Waals surface area contributed by atoms with Gasteiger partial charge in [0.15, 0.2) is 0 Å². The zero-order valence-corrected chi connectivity index (χ0v) is 23.0. The van der Waals surface area contributed by atoms with Gasteiger partial charge in [0.2, 0.25) is 0 Å². The van der Waals surface area contributed by atoms with Gasteiger partial charge in [-0.3, -0.25) is 4.79 Å². The van der Waals surface area contributed by atoms with Crippen molar-refractivity contribution >= 4 is 50.7 Å². The van der Waals surface area contributed by atoms with Crippen molar-refractivity contribution in [2.45, 2.75) is 32.8 Å². The molecule has 9 nitrogen and oxygen atoms in total. The number of nitrogens with zero attached hydrogens (tertiary/aromatic N) is 4. The van der Waals surface area contributed by atoms with Crippen LogP contribution in [-0.4, -0.2) is 74.3 Å². The van der Waals surface area contributed by atoms with Gasteiger partial charge in [0, 0.05) is 57.9 Å². The van der Waals surface area contributed by atoms with E-state index in [-0.39, 0.29) is 12.0 Å². The number of amides is 2. The van der Waals surface area contributed by atoms with Gasteiger partial charge in [-0.2, -0.15) is 0 Å². The third kappa shape index (κ3) is 6.43. The van der Waals surface area contributed by atoms with Gasteiger partial charge in [-0.05, 0) is 57.0 Å². The lowest BCUT2D eigenvalue weighted by Crippen LogP contribution is -2.50. The minimum absolute atomic E-state index is 0.175. The van der Waals surface area contributed by atoms with E-state index in [9.17, 15) is 9.59 Å². The van der Waals surface area contributed by atoms with E-state index >= 15 is 0 Å². The van der Waals surface area contributed by atoms with Crippen molar-refractivity contribution in [1.29, 1.82) is 0 Å². The molecule has 1 aliphatic rings. The lowest BCUT2D eigenvalue weighted by molar-refractivity contribution is 0.0240. The number of pyridine rings is 1. The van der Waals surface area contributed by atoms with Gasteiger partial charge in [-0.25, -0.2) is 9.78 Å². The fourth-order valence-corrected chi connectivity index (χ4v) is 5.16. The average molecular weight is 525 g/mol. The summed E-state index contributed by atoms with van der Waals surface area (Å²) in [7, 11) is 3.86. The SMILES string of the molecule is CN(C)c1ccc2c(N)c(C(=O)NCCc3ccc(N4CCN(C(=O)OC(C)(C)C)CC4)cc3)sc2n1. The van der Waals surface area contributed by atoms with Crippen molar-refractivity contribution in [3.8, 4) is 0 Å². The summed E-state index contributed by atoms with van der Waals surface area (Å²) in [6, 6.07) is 12.2. The first-order valence-electron chi connectivity index (χ1n) is 12.5. The van der Waals surface area contributed by atoms with Gasteiger partial charge in [-0.1, -0.05) is 12.1 Å². The van der Waals surface area contributed by atoms with Crippen molar-refractivity contribution in [3.63, 3.8) is 0 Å². The molecule has 1 aliphatic heterocycles. The third-order valence-corrected chi connectivity index (χ3v) is 7.29. The van der Waals surface area contributed by atoms with Crippen molar-refractivity contribution in [3.05, 3.63) is 46.8 Å². The molecule has 1 fully saturated rings. The summed E-state index contributed by atoms with van der Waals surface area (Å²) >= 11 is 1.32. The molecule has 0 bridgehead atoms. The monoisotopic (exact) mass is 524 g/mol. The number of nitrogens with one attached hydrogen (secondary N) is 1. The maximum atomic E-state index is 12.8. The number of anilines is 3. The third-order valence-electron chi connectivity index (χ3n) is 6.18. The standard InChI is InChI=1S/C27H36N6O3S/c1-27(2,3)36-26(35)33-16-14-32(15-17-33)19-8-6-18(7-9-19)12-13-29-24(34)23-22(28)20-10-11-21(31(4)5)30-25(20)37-23/h6-11H,12-17,28H2,1-5H3,(H,29,34). The molecule has 1 aromatic carbocycles. The van der Waals surface area contributed by atoms with E-state index in [4.69, 9.17) is 10.5 Å². The van der Waals surface area contributed by atoms with E-state index in [2.05, 4.69) is 39.5 Å². The Morgan fingerprint density at radius 3 is 2.38 bits per heavy atom. The first-order valence-corrected chi connectivity index (χ1v) is 13.3. The number of carbonyl (C=O) groups excluding carboxylic acids is 2. The Kier molecular flexibility index (Phi) is 7.77. The number of rotatable bonds is 6. The highest BCUT2D eigenvalue weighted by Gasteiger charge is 2.26. The number of hydrogen-bond donors (Lipinski definition) is 2. The molecular weight excluding hydrogens is 488 g/mol. The summed E-state index contributed by atoms with van der Waals surface area (Å²) in [4.78, 5) is 36.9. The summed E-state index contributed by atoms with van der Waals surface area (Å²) < 4.78 is 5.48. The minimum Gasteiger partial charge on any atom is -0.444 e. The second-order valence-electron chi connectivity index (χ2n) is 10.4. The average Bonchev–Trinajstić information content (AvgIpc) is 3.19. The molecule has 0 saturated carbocycles. The number of nitrogen functional groups attached to an aromatic ring is 1. The molecule has 1 saturated heterocycles. The summed E-state index contributed by atoms with van der Waals surface area (Å²) in [6.07, 6.45) is 0.461. The summed E-state index contributed by atoms with van der Waals surface area (Å²) in [5.74, 6) is 0.653. The predicted octanol–water partition coefficient (Wildman–Crippen LogP) is 3.97. The fourth-order valence-electron chi connectivity index (χ4n) is 4.15. The lowest BCUT2D eigenvalue weighted by Gasteiger charge is -2.36. The molecular formula is C27H36N6O3S. The van der Waals surface area contributed by atoms with E-state index in [1.54, 1.807) is 4.90 Å². The second-order valence-corrected chi connectivity index (χ2v) is 11.4. The van der Waals surface area contributed by atoms with E-state index < -0.39 is 5.60 Å². The van der Waals surface area contributed by atoms with Crippen molar-refractivity contribution < 1.29 is 14.3 Å². The van der Waals surface area contributed by atoms with Crippen LogP contribution in [-0.2, 0) is 11.2 Å². The molecule has 0 atom stereocenters. The number of hydrogen-bond acceptors (Lipinski definition) is 8. The highest BCUT2D eigenvalue weighted by Crippen LogP contribution is 2.33. The molecule has 0 radical (unpaired) electrons. The van der Waals surface area contributed by atoms with Crippen LogP contribution >= 0.6 is 11.3 Å². The number of fused-ring (bicyclic) bond motifs is 1. The summed E-state index contributed by atoms with van der Waals surface area (Å²) in [5, 5.41) is 3.80. The summed E-state index contributed by atoms with van der Waals surface area (Å²) in [5.41, 5.74) is 8.51. The Balaban J connectivity index is 1.27. The molecule has 4 rings (SSSR count). The maximum Gasteiger partial charge on any atom is 0.410 e. The van der Waals surface area contributed by atoms with Crippen LogP contribution in [0.1, 0.15) is 36.0 Å². The second kappa shape index (κ2) is 10.8. The maximum absolute atomic E-state index is 12.8. The quantitative estimate of drug-likeness (QED) is 0.503. The molecule has 3 aromatic rings. The number of thiophene rings is 1. The number of piperazine rings is 1. The Labute approximate surface area is 222 Å². The van der Waals surface area contributed by atoms with Crippen LogP contribution in [0.4, 0.5) is 22.0 Å². The van der Waals surface area contributed by atoms with E-state index in [1.165, 1.54) is 11.3 Å². The smallest absolute Gasteiger partial charge is 0.410 e. The van der Waals surface area contributed by atoms with Crippen LogP contribution in [0.15, 0.2) is 36.4 Å².